The van der Waals surface area contributed by atoms with Crippen molar-refractivity contribution >= 4 is 28.7 Å². The summed E-state index contributed by atoms with van der Waals surface area (Å²) >= 11 is 1.24. The van der Waals surface area contributed by atoms with Crippen LogP contribution in [0.1, 0.15) is 21.6 Å². The molecule has 2 heterocycles. The highest BCUT2D eigenvalue weighted by molar-refractivity contribution is 8.13. The minimum Gasteiger partial charge on any atom is -0.444 e. The molecule has 1 N–H and O–H groups in total. The van der Waals surface area contributed by atoms with Gasteiger partial charge in [-0.2, -0.15) is 0 Å². The van der Waals surface area contributed by atoms with Gasteiger partial charge in [0.25, 0.3) is 5.91 Å². The van der Waals surface area contributed by atoms with Gasteiger partial charge in [0.1, 0.15) is 6.26 Å². The molecule has 0 aliphatic carbocycles. The number of thioether (sulfide) groups is 1. The number of aromatic nitrogens is 1. The van der Waals surface area contributed by atoms with Gasteiger partial charge in [-0.15, -0.1) is 0 Å². The Morgan fingerprint density at radius 3 is 2.58 bits per heavy atom. The monoisotopic (exact) mass is 435 g/mol. The van der Waals surface area contributed by atoms with Gasteiger partial charge in [-0.25, -0.2) is 4.98 Å². The van der Waals surface area contributed by atoms with Crippen LogP contribution in [-0.4, -0.2) is 45.7 Å². The van der Waals surface area contributed by atoms with Crippen molar-refractivity contribution in [3.05, 3.63) is 77.7 Å². The van der Waals surface area contributed by atoms with E-state index in [0.717, 1.165) is 16.7 Å². The topological polar surface area (TPSA) is 92.5 Å². The maximum Gasteiger partial charge on any atom is 0.276 e. The molecular formula is C23H21N3O4S. The second-order valence-corrected chi connectivity index (χ2v) is 8.27. The summed E-state index contributed by atoms with van der Waals surface area (Å²) in [6, 6.07) is 17.0. The third kappa shape index (κ3) is 5.40. The number of oxazole rings is 1. The first-order chi connectivity index (χ1) is 15.1. The number of rotatable bonds is 6. The number of carbonyl (C=O) groups is 3. The molecule has 8 heteroatoms. The largest absolute Gasteiger partial charge is 0.444 e. The van der Waals surface area contributed by atoms with Crippen LogP contribution in [0.2, 0.25) is 0 Å². The predicted octanol–water partition coefficient (Wildman–Crippen LogP) is 2.92. The van der Waals surface area contributed by atoms with Crippen LogP contribution in [-0.2, 0) is 22.6 Å². The fraction of sp³-hybridized carbons (Fsp3) is 0.217. The van der Waals surface area contributed by atoms with E-state index in [9.17, 15) is 14.4 Å². The summed E-state index contributed by atoms with van der Waals surface area (Å²) in [6.45, 7) is 1.03. The van der Waals surface area contributed by atoms with E-state index in [4.69, 9.17) is 4.42 Å². The molecule has 0 bridgehead atoms. The zero-order chi connectivity index (χ0) is 21.6. The Hall–Kier alpha value is -3.39. The molecule has 0 atom stereocenters. The summed E-state index contributed by atoms with van der Waals surface area (Å²) in [5, 5.41) is 2.89. The van der Waals surface area contributed by atoms with Crippen LogP contribution >= 0.6 is 11.8 Å². The molecule has 1 aliphatic heterocycles. The van der Waals surface area contributed by atoms with Gasteiger partial charge in [0.05, 0.1) is 13.0 Å². The fourth-order valence-corrected chi connectivity index (χ4v) is 3.99. The SMILES string of the molecule is O=C(Cc1ccccc1)NCc1ccc(-c2nc(C(=O)N3CCSC(=O)C3)co2)cc1. The van der Waals surface area contributed by atoms with Gasteiger partial charge in [-0.3, -0.25) is 14.4 Å². The molecule has 1 aromatic heterocycles. The average Bonchev–Trinajstić information content (AvgIpc) is 3.28. The quantitative estimate of drug-likeness (QED) is 0.640. The van der Waals surface area contributed by atoms with Crippen molar-refractivity contribution in [1.82, 2.24) is 15.2 Å². The number of benzene rings is 2. The van der Waals surface area contributed by atoms with Crippen LogP contribution in [0.15, 0.2) is 65.3 Å². The lowest BCUT2D eigenvalue weighted by atomic mass is 10.1. The minimum atomic E-state index is -0.304. The zero-order valence-electron chi connectivity index (χ0n) is 16.7. The van der Waals surface area contributed by atoms with Crippen LogP contribution in [0.5, 0.6) is 0 Å². The van der Waals surface area contributed by atoms with Crippen molar-refractivity contribution in [3.63, 3.8) is 0 Å². The van der Waals surface area contributed by atoms with Crippen LogP contribution < -0.4 is 5.32 Å². The van der Waals surface area contributed by atoms with E-state index in [2.05, 4.69) is 10.3 Å². The molecule has 7 nitrogen and oxygen atoms in total. The number of nitrogens with zero attached hydrogens (tertiary/aromatic N) is 2. The fourth-order valence-electron chi connectivity index (χ4n) is 3.20. The van der Waals surface area contributed by atoms with Crippen LogP contribution in [0.3, 0.4) is 0 Å². The molecule has 1 aliphatic rings. The van der Waals surface area contributed by atoms with Crippen LogP contribution in [0, 0.1) is 0 Å². The Bertz CT molecular complexity index is 1080. The molecule has 0 unspecified atom stereocenters. The smallest absolute Gasteiger partial charge is 0.276 e. The molecule has 2 amide bonds. The predicted molar refractivity (Wildman–Crippen MR) is 117 cm³/mol. The van der Waals surface area contributed by atoms with E-state index >= 15 is 0 Å². The summed E-state index contributed by atoms with van der Waals surface area (Å²) in [5.41, 5.74) is 2.82. The van der Waals surface area contributed by atoms with Gasteiger partial charge in [0, 0.05) is 24.4 Å². The molecule has 3 aromatic rings. The highest BCUT2D eigenvalue weighted by atomic mass is 32.2. The van der Waals surface area contributed by atoms with E-state index in [-0.39, 0.29) is 29.2 Å². The van der Waals surface area contributed by atoms with Crippen molar-refractivity contribution in [1.29, 1.82) is 0 Å². The van der Waals surface area contributed by atoms with Crippen LogP contribution in [0.4, 0.5) is 0 Å². The second kappa shape index (κ2) is 9.61. The van der Waals surface area contributed by atoms with Crippen molar-refractivity contribution < 1.29 is 18.8 Å². The number of carbonyl (C=O) groups excluding carboxylic acids is 3. The van der Waals surface area contributed by atoms with Gasteiger partial charge >= 0.3 is 0 Å². The molecule has 2 aromatic carbocycles. The van der Waals surface area contributed by atoms with Crippen LogP contribution in [0.25, 0.3) is 11.5 Å². The van der Waals surface area contributed by atoms with Gasteiger partial charge in [0.15, 0.2) is 5.69 Å². The molecule has 0 spiro atoms. The summed E-state index contributed by atoms with van der Waals surface area (Å²) in [4.78, 5) is 42.0. The lowest BCUT2D eigenvalue weighted by Gasteiger charge is -2.24. The maximum absolute atomic E-state index is 12.5. The maximum atomic E-state index is 12.5. The standard InChI is InChI=1S/C23H21N3O4S/c27-20(12-16-4-2-1-3-5-16)24-13-17-6-8-18(9-7-17)22-25-19(15-30-22)23(29)26-10-11-31-21(28)14-26/h1-9,15H,10-14H2,(H,24,27). The third-order valence-electron chi connectivity index (χ3n) is 4.85. The molecule has 31 heavy (non-hydrogen) atoms. The number of nitrogens with one attached hydrogen (secondary N) is 1. The highest BCUT2D eigenvalue weighted by Gasteiger charge is 2.25. The first-order valence-corrected chi connectivity index (χ1v) is 10.9. The first kappa shape index (κ1) is 20.9. The molecule has 1 saturated heterocycles. The summed E-state index contributed by atoms with van der Waals surface area (Å²) in [5.74, 6) is 0.585. The minimum absolute atomic E-state index is 0.0187. The van der Waals surface area contributed by atoms with E-state index in [1.54, 1.807) is 0 Å². The van der Waals surface area contributed by atoms with Gasteiger partial charge in [-0.05, 0) is 23.3 Å². The highest BCUT2D eigenvalue weighted by Crippen LogP contribution is 2.21. The second-order valence-electron chi connectivity index (χ2n) is 7.12. The Kier molecular flexibility index (Phi) is 6.47. The number of hydrogen-bond acceptors (Lipinski definition) is 6. The Balaban J connectivity index is 1.33. The van der Waals surface area contributed by atoms with Gasteiger partial charge < -0.3 is 14.6 Å². The molecule has 0 radical (unpaired) electrons. The molecular weight excluding hydrogens is 414 g/mol. The lowest BCUT2D eigenvalue weighted by molar-refractivity contribution is -0.120. The Morgan fingerprint density at radius 1 is 1.06 bits per heavy atom. The van der Waals surface area contributed by atoms with Crippen molar-refractivity contribution in [2.75, 3.05) is 18.8 Å². The van der Waals surface area contributed by atoms with Crippen molar-refractivity contribution in [3.8, 4) is 11.5 Å². The van der Waals surface area contributed by atoms with E-state index in [0.29, 0.717) is 31.2 Å². The van der Waals surface area contributed by atoms with E-state index in [1.807, 2.05) is 54.6 Å². The zero-order valence-corrected chi connectivity index (χ0v) is 17.6. The normalized spacial score (nSPS) is 13.8. The van der Waals surface area contributed by atoms with E-state index in [1.165, 1.54) is 22.9 Å². The molecule has 0 saturated carbocycles. The number of amides is 2. The Morgan fingerprint density at radius 2 is 1.84 bits per heavy atom. The van der Waals surface area contributed by atoms with Crippen molar-refractivity contribution in [2.45, 2.75) is 13.0 Å². The summed E-state index contributed by atoms with van der Waals surface area (Å²) in [7, 11) is 0. The average molecular weight is 436 g/mol. The lowest BCUT2D eigenvalue weighted by Crippen LogP contribution is -2.40. The third-order valence-corrected chi connectivity index (χ3v) is 5.69. The van der Waals surface area contributed by atoms with Gasteiger partial charge in [-0.1, -0.05) is 54.2 Å². The van der Waals surface area contributed by atoms with Gasteiger partial charge in [0.2, 0.25) is 16.9 Å². The molecule has 4 rings (SSSR count). The summed E-state index contributed by atoms with van der Waals surface area (Å²) < 4.78 is 5.48. The Labute approximate surface area is 183 Å². The van der Waals surface area contributed by atoms with Crippen molar-refractivity contribution in [2.24, 2.45) is 0 Å². The molecule has 158 valence electrons. The van der Waals surface area contributed by atoms with E-state index < -0.39 is 0 Å². The summed E-state index contributed by atoms with van der Waals surface area (Å²) in [6.07, 6.45) is 1.66. The number of hydrogen-bond donors (Lipinski definition) is 1. The molecule has 1 fully saturated rings. The first-order valence-electron chi connectivity index (χ1n) is 9.89.